The van der Waals surface area contributed by atoms with Crippen LogP contribution in [0.3, 0.4) is 0 Å². The fourth-order valence-corrected chi connectivity index (χ4v) is 2.13. The number of nitrogens with one attached hydrogen (secondary N) is 1. The summed E-state index contributed by atoms with van der Waals surface area (Å²) in [5, 5.41) is 10.8. The highest BCUT2D eigenvalue weighted by molar-refractivity contribution is 5.79. The van der Waals surface area contributed by atoms with Gasteiger partial charge in [-0.1, -0.05) is 0 Å². The van der Waals surface area contributed by atoms with Crippen molar-refractivity contribution in [1.82, 2.24) is 15.1 Å². The lowest BCUT2D eigenvalue weighted by Gasteiger charge is -2.26. The van der Waals surface area contributed by atoms with Gasteiger partial charge in [0.25, 0.3) is 0 Å². The molecule has 0 aliphatic carbocycles. The van der Waals surface area contributed by atoms with Gasteiger partial charge >= 0.3 is 12.0 Å². The van der Waals surface area contributed by atoms with Gasteiger partial charge in [-0.05, 0) is 39.3 Å². The second-order valence-electron chi connectivity index (χ2n) is 4.85. The van der Waals surface area contributed by atoms with Gasteiger partial charge in [0.1, 0.15) is 6.54 Å². The summed E-state index contributed by atoms with van der Waals surface area (Å²) in [7, 11) is 1.69. The van der Waals surface area contributed by atoms with Gasteiger partial charge in [0.15, 0.2) is 0 Å². The van der Waals surface area contributed by atoms with Crippen molar-refractivity contribution in [2.45, 2.75) is 32.2 Å². The number of rotatable bonds is 6. The van der Waals surface area contributed by atoms with E-state index in [1.165, 1.54) is 17.7 Å². The van der Waals surface area contributed by atoms with Crippen LogP contribution in [0.4, 0.5) is 4.79 Å². The molecule has 1 rings (SSSR count). The Bertz CT molecular complexity index is 290. The predicted octanol–water partition coefficient (Wildman–Crippen LogP) is 0.587. The first-order chi connectivity index (χ1) is 8.50. The van der Waals surface area contributed by atoms with Crippen molar-refractivity contribution in [1.29, 1.82) is 0 Å². The summed E-state index contributed by atoms with van der Waals surface area (Å²) < 4.78 is 0. The first-order valence-corrected chi connectivity index (χ1v) is 6.45. The number of amides is 2. The van der Waals surface area contributed by atoms with Crippen molar-refractivity contribution < 1.29 is 14.7 Å². The maximum absolute atomic E-state index is 11.5. The Balaban J connectivity index is 2.20. The van der Waals surface area contributed by atoms with Crippen molar-refractivity contribution in [3.8, 4) is 0 Å². The van der Waals surface area contributed by atoms with Gasteiger partial charge in [-0.15, -0.1) is 0 Å². The van der Waals surface area contributed by atoms with Crippen molar-refractivity contribution in [2.24, 2.45) is 0 Å². The SMILES string of the molecule is CC(CCN(C)C(=O)NCC(=O)O)N1CCCC1. The van der Waals surface area contributed by atoms with Crippen LogP contribution in [0, 0.1) is 0 Å². The lowest BCUT2D eigenvalue weighted by Crippen LogP contribution is -2.42. The van der Waals surface area contributed by atoms with Gasteiger partial charge in [-0.2, -0.15) is 0 Å². The van der Waals surface area contributed by atoms with Crippen LogP contribution in [0.2, 0.25) is 0 Å². The van der Waals surface area contributed by atoms with Crippen molar-refractivity contribution in [2.75, 3.05) is 33.2 Å². The molecule has 0 aromatic carbocycles. The molecule has 0 saturated carbocycles. The summed E-state index contributed by atoms with van der Waals surface area (Å²) in [5.74, 6) is -1.03. The molecule has 2 amide bonds. The number of carboxylic acids is 1. The van der Waals surface area contributed by atoms with Crippen LogP contribution >= 0.6 is 0 Å². The van der Waals surface area contributed by atoms with E-state index in [1.54, 1.807) is 7.05 Å². The maximum atomic E-state index is 11.5. The van der Waals surface area contributed by atoms with Gasteiger partial charge in [-0.3, -0.25) is 4.79 Å². The first kappa shape index (κ1) is 14.8. The molecule has 0 aromatic heterocycles. The number of nitrogens with zero attached hydrogens (tertiary/aromatic N) is 2. The standard InChI is InChI=1S/C12H23N3O3/c1-10(15-6-3-4-7-15)5-8-14(2)12(18)13-9-11(16)17/h10H,3-9H2,1-2H3,(H,13,18)(H,16,17). The Morgan fingerprint density at radius 1 is 1.39 bits per heavy atom. The summed E-state index contributed by atoms with van der Waals surface area (Å²) in [6.07, 6.45) is 3.44. The third-order valence-corrected chi connectivity index (χ3v) is 3.38. The number of carbonyl (C=O) groups excluding carboxylic acids is 1. The van der Waals surface area contributed by atoms with E-state index in [0.717, 1.165) is 19.5 Å². The van der Waals surface area contributed by atoms with Crippen LogP contribution in [0.25, 0.3) is 0 Å². The summed E-state index contributed by atoms with van der Waals surface area (Å²) in [6, 6.07) is 0.147. The molecule has 1 atom stereocenters. The zero-order valence-corrected chi connectivity index (χ0v) is 11.2. The number of likely N-dealkylation sites (tertiary alicyclic amines) is 1. The van der Waals surface area contributed by atoms with Gasteiger partial charge in [-0.25, -0.2) is 4.79 Å². The molecule has 1 aliphatic rings. The molecular formula is C12H23N3O3. The number of hydrogen-bond acceptors (Lipinski definition) is 3. The zero-order chi connectivity index (χ0) is 13.5. The number of urea groups is 1. The van der Waals surface area contributed by atoms with Crippen molar-refractivity contribution in [3.05, 3.63) is 0 Å². The number of carboxylic acid groups (broad SMARTS) is 1. The van der Waals surface area contributed by atoms with Crippen LogP contribution in [-0.4, -0.2) is 66.2 Å². The molecule has 104 valence electrons. The van der Waals surface area contributed by atoms with Gasteiger partial charge in [0.05, 0.1) is 0 Å². The van der Waals surface area contributed by atoms with Crippen LogP contribution in [-0.2, 0) is 4.79 Å². The molecule has 1 saturated heterocycles. The molecule has 1 unspecified atom stereocenters. The van der Waals surface area contributed by atoms with Crippen LogP contribution < -0.4 is 5.32 Å². The minimum absolute atomic E-state index is 0.328. The van der Waals surface area contributed by atoms with Gasteiger partial charge in [0.2, 0.25) is 0 Å². The Morgan fingerprint density at radius 2 is 2.00 bits per heavy atom. The van der Waals surface area contributed by atoms with Crippen LogP contribution in [0.15, 0.2) is 0 Å². The molecule has 0 spiro atoms. The Labute approximate surface area is 108 Å². The minimum Gasteiger partial charge on any atom is -0.480 e. The third kappa shape index (κ3) is 4.91. The van der Waals surface area contributed by atoms with E-state index in [1.807, 2.05) is 0 Å². The van der Waals surface area contributed by atoms with E-state index in [4.69, 9.17) is 5.11 Å². The van der Waals surface area contributed by atoms with Crippen molar-refractivity contribution >= 4 is 12.0 Å². The summed E-state index contributed by atoms with van der Waals surface area (Å²) in [4.78, 5) is 25.8. The zero-order valence-electron chi connectivity index (χ0n) is 11.2. The molecule has 0 radical (unpaired) electrons. The second kappa shape index (κ2) is 7.20. The summed E-state index contributed by atoms with van der Waals surface area (Å²) in [5.41, 5.74) is 0. The Hall–Kier alpha value is -1.30. The molecule has 1 aliphatic heterocycles. The van der Waals surface area contributed by atoms with E-state index in [0.29, 0.717) is 12.6 Å². The van der Waals surface area contributed by atoms with E-state index < -0.39 is 5.97 Å². The molecule has 0 aromatic rings. The summed E-state index contributed by atoms with van der Waals surface area (Å²) >= 11 is 0. The molecule has 6 nitrogen and oxygen atoms in total. The predicted molar refractivity (Wildman–Crippen MR) is 68.6 cm³/mol. The summed E-state index contributed by atoms with van der Waals surface area (Å²) in [6.45, 7) is 4.79. The Kier molecular flexibility index (Phi) is 5.91. The van der Waals surface area contributed by atoms with Crippen LogP contribution in [0.5, 0.6) is 0 Å². The molecule has 0 bridgehead atoms. The van der Waals surface area contributed by atoms with Gasteiger partial charge in [0, 0.05) is 19.6 Å². The number of aliphatic carboxylic acids is 1. The average molecular weight is 257 g/mol. The lowest BCUT2D eigenvalue weighted by molar-refractivity contribution is -0.135. The minimum atomic E-state index is -1.03. The number of hydrogen-bond donors (Lipinski definition) is 2. The smallest absolute Gasteiger partial charge is 0.323 e. The quantitative estimate of drug-likeness (QED) is 0.730. The molecular weight excluding hydrogens is 234 g/mol. The topological polar surface area (TPSA) is 72.9 Å². The van der Waals surface area contributed by atoms with E-state index in [-0.39, 0.29) is 12.6 Å². The highest BCUT2D eigenvalue weighted by atomic mass is 16.4. The largest absolute Gasteiger partial charge is 0.480 e. The Morgan fingerprint density at radius 3 is 2.56 bits per heavy atom. The van der Waals surface area contributed by atoms with E-state index >= 15 is 0 Å². The highest BCUT2D eigenvalue weighted by Crippen LogP contribution is 2.13. The first-order valence-electron chi connectivity index (χ1n) is 6.45. The average Bonchev–Trinajstić information content (AvgIpc) is 2.86. The number of carbonyl (C=O) groups is 2. The highest BCUT2D eigenvalue weighted by Gasteiger charge is 2.19. The molecule has 18 heavy (non-hydrogen) atoms. The molecule has 1 fully saturated rings. The fourth-order valence-electron chi connectivity index (χ4n) is 2.13. The molecule has 6 heteroatoms. The van der Waals surface area contributed by atoms with E-state index in [9.17, 15) is 9.59 Å². The van der Waals surface area contributed by atoms with Crippen LogP contribution in [0.1, 0.15) is 26.2 Å². The normalized spacial score (nSPS) is 17.4. The van der Waals surface area contributed by atoms with E-state index in [2.05, 4.69) is 17.1 Å². The fraction of sp³-hybridized carbons (Fsp3) is 0.833. The molecule has 2 N–H and O–H groups in total. The molecule has 1 heterocycles. The maximum Gasteiger partial charge on any atom is 0.323 e. The lowest BCUT2D eigenvalue weighted by atomic mass is 10.2. The van der Waals surface area contributed by atoms with Crippen molar-refractivity contribution in [3.63, 3.8) is 0 Å². The third-order valence-electron chi connectivity index (χ3n) is 3.38. The monoisotopic (exact) mass is 257 g/mol. The second-order valence-corrected chi connectivity index (χ2v) is 4.85. The van der Waals surface area contributed by atoms with Gasteiger partial charge < -0.3 is 20.2 Å².